The van der Waals surface area contributed by atoms with Crippen LogP contribution in [0.5, 0.6) is 0 Å². The first kappa shape index (κ1) is 415. The monoisotopic (exact) mass is 417 g/mol. The summed E-state index contributed by atoms with van der Waals surface area (Å²) in [5.41, 5.74) is 0. The number of hydrogen-bond acceptors (Lipinski definition) is 2. The van der Waals surface area contributed by atoms with E-state index in [9.17, 15) is 0 Å². The van der Waals surface area contributed by atoms with Crippen molar-refractivity contribution in [2.24, 2.45) is 0 Å². The average molecular weight is 418 g/mol. The zero-order valence-electron chi connectivity index (χ0n) is 9.90. The Bertz CT molecular complexity index is 69.2. The number of rotatable bonds is 0. The maximum absolute atomic E-state index is 8.88. The van der Waals surface area contributed by atoms with Gasteiger partial charge >= 0.3 is 60.4 Å². The van der Waals surface area contributed by atoms with Crippen molar-refractivity contribution in [3.8, 4) is 0 Å². The zero-order chi connectivity index (χ0) is 4.50. The first-order chi connectivity index (χ1) is 2.00. The van der Waals surface area contributed by atoms with Crippen LogP contribution in [0.15, 0.2) is 0 Å². The molecule has 0 fully saturated rings. The summed E-state index contributed by atoms with van der Waals surface area (Å²) in [7, 11) is -4.64. The third kappa shape index (κ3) is 5370. The second-order valence-electron chi connectivity index (χ2n) is 0.513. The molecule has 0 aromatic heterocycles. The molecule has 158 valence electrons. The van der Waals surface area contributed by atoms with Gasteiger partial charge in [0.25, 0.3) is 0 Å². The van der Waals surface area contributed by atoms with Gasteiger partial charge in [-0.15, -0.1) is 0 Å². The molecule has 0 aliphatic rings. The molecule has 19 nitrogen and oxygen atoms in total. The summed E-state index contributed by atoms with van der Waals surface area (Å²) in [6.07, 6.45) is 0. The second kappa shape index (κ2) is 190. The first-order valence-electron chi connectivity index (χ1n) is 0.783. The van der Waals surface area contributed by atoms with Crippen LogP contribution in [-0.4, -0.2) is 144 Å². The van der Waals surface area contributed by atoms with Gasteiger partial charge in [-0.05, 0) is 0 Å². The number of phosphoric acid groups is 1. The summed E-state index contributed by atoms with van der Waals surface area (Å²) in [5.74, 6) is 0. The molecule has 0 rings (SSSR count). The van der Waals surface area contributed by atoms with Gasteiger partial charge in [0.05, 0.1) is 0 Å². The Morgan fingerprint density at radius 3 is 0.455 bits per heavy atom. The zero-order valence-corrected chi connectivity index (χ0v) is 10.8. The van der Waals surface area contributed by atoms with Crippen LogP contribution in [0.3, 0.4) is 0 Å². The predicted molar refractivity (Wildman–Crippen MR) is 85.6 cm³/mol. The van der Waals surface area contributed by atoms with Gasteiger partial charge < -0.3 is 97.5 Å². The minimum atomic E-state index is -4.64. The van der Waals surface area contributed by atoms with E-state index in [4.69, 9.17) is 19.2 Å². The molecule has 0 aliphatic carbocycles. The van der Waals surface area contributed by atoms with E-state index in [2.05, 4.69) is 0 Å². The summed E-state index contributed by atoms with van der Waals surface area (Å²) < 4.78 is 8.88. The Balaban J connectivity index is -0.000000000588. The van der Waals surface area contributed by atoms with Crippen molar-refractivity contribution in [1.29, 1.82) is 0 Å². The third-order valence-corrected chi connectivity index (χ3v) is 0. The fourth-order valence-corrected chi connectivity index (χ4v) is 0. The summed E-state index contributed by atoms with van der Waals surface area (Å²) in [6, 6.07) is 0. The molecule has 22 heteroatoms. The Kier molecular flexibility index (Phi) is 3590. The Hall–Kier alpha value is 1.28. The van der Waals surface area contributed by atoms with Gasteiger partial charge in [-0.25, -0.2) is 4.57 Å². The van der Waals surface area contributed by atoms with Crippen molar-refractivity contribution in [3.05, 3.63) is 0 Å². The molecular weight excluding hydrogens is 380 g/mol. The quantitative estimate of drug-likeness (QED) is 0.219. The van der Waals surface area contributed by atoms with Crippen LogP contribution in [0.25, 0.3) is 0 Å². The molecule has 0 saturated carbocycles. The molecule has 0 radical (unpaired) electrons. The standard InChI is InChI=1S/Mg.H3N.Na.H3O4P.14H2O.3H/c;;;1-5(2,3)4;;;;;;;;;;;;;;;;;/h;1H3;;(H3,1,2,3,4);14*1H2;;;. The maximum atomic E-state index is 8.88. The van der Waals surface area contributed by atoms with E-state index in [0.717, 1.165) is 0 Å². The van der Waals surface area contributed by atoms with Gasteiger partial charge in [0.1, 0.15) is 0 Å². The van der Waals surface area contributed by atoms with Gasteiger partial charge in [0.15, 0.2) is 0 Å². The van der Waals surface area contributed by atoms with Crippen LogP contribution in [-0.2, 0) is 4.57 Å². The van der Waals surface area contributed by atoms with Crippen molar-refractivity contribution in [2.75, 3.05) is 0 Å². The topological polar surface area (TPSA) is 554 Å². The van der Waals surface area contributed by atoms with Gasteiger partial charge in [0.2, 0.25) is 0 Å². The van der Waals surface area contributed by atoms with E-state index in [0.29, 0.717) is 0 Å². The van der Waals surface area contributed by atoms with E-state index in [1.165, 1.54) is 0 Å². The fourth-order valence-electron chi connectivity index (χ4n) is 0. The molecule has 0 aromatic carbocycles. The summed E-state index contributed by atoms with van der Waals surface area (Å²) in [5, 5.41) is 0. The van der Waals surface area contributed by atoms with Crippen LogP contribution in [0.1, 0.15) is 0 Å². The molecule has 0 heterocycles. The van der Waals surface area contributed by atoms with Gasteiger partial charge in [-0.1, -0.05) is 0 Å². The second-order valence-corrected chi connectivity index (χ2v) is 1.54. The van der Waals surface area contributed by atoms with Gasteiger partial charge in [-0.3, -0.25) is 0 Å². The molecule has 0 aromatic rings. The van der Waals surface area contributed by atoms with Crippen LogP contribution < -0.4 is 6.15 Å². The summed E-state index contributed by atoms with van der Waals surface area (Å²) in [6.45, 7) is 0. The molecule has 0 saturated heterocycles. The molecule has 0 bridgehead atoms. The van der Waals surface area contributed by atoms with Crippen molar-refractivity contribution in [2.45, 2.75) is 0 Å². The minimum absolute atomic E-state index is 0. The molecule has 34 N–H and O–H groups in total. The van der Waals surface area contributed by atoms with Crippen LogP contribution >= 0.6 is 7.82 Å². The molecule has 0 unspecified atom stereocenters. The van der Waals surface area contributed by atoms with Crippen molar-refractivity contribution >= 4 is 60.4 Å². The van der Waals surface area contributed by atoms with Crippen LogP contribution in [0.2, 0.25) is 0 Å². The average Bonchev–Trinajstić information content (AvgIpc) is 0.722. The van der Waals surface area contributed by atoms with E-state index in [-0.39, 0.29) is 135 Å². The SMILES string of the molecule is N.O.O.O.O.O.O.O.O.O.O.O.O.O.O.O=P(O)(O)O.[MgH2].[NaH]. The molecule has 0 spiro atoms. The van der Waals surface area contributed by atoms with E-state index in [1.807, 2.05) is 0 Å². The molecule has 22 heavy (non-hydrogen) atoms. The fraction of sp³-hybridized carbons (Fsp3) is 0. The Labute approximate surface area is 162 Å². The Morgan fingerprint density at radius 1 is 0.455 bits per heavy atom. The van der Waals surface area contributed by atoms with E-state index >= 15 is 0 Å². The molecule has 0 atom stereocenters. The molecule has 0 amide bonds. The van der Waals surface area contributed by atoms with Crippen molar-refractivity contribution in [1.82, 2.24) is 6.15 Å². The predicted octanol–water partition coefficient (Wildman–Crippen LogP) is -13.9. The first-order valence-corrected chi connectivity index (χ1v) is 2.35. The molecular formula is H37MgNNaO18P. The Morgan fingerprint density at radius 2 is 0.455 bits per heavy atom. The summed E-state index contributed by atoms with van der Waals surface area (Å²) in [4.78, 5) is 21.6. The molecule has 0 aliphatic heterocycles. The van der Waals surface area contributed by atoms with E-state index in [1.54, 1.807) is 0 Å². The van der Waals surface area contributed by atoms with Crippen LogP contribution in [0, 0.1) is 0 Å². The van der Waals surface area contributed by atoms with Crippen molar-refractivity contribution in [3.63, 3.8) is 0 Å². The third-order valence-electron chi connectivity index (χ3n) is 0. The number of hydrogen-bond donors (Lipinski definition) is 4. The van der Waals surface area contributed by atoms with Gasteiger partial charge in [0, 0.05) is 0 Å². The summed E-state index contributed by atoms with van der Waals surface area (Å²) >= 11 is 0. The normalized spacial score (nSPS) is 2.68. The van der Waals surface area contributed by atoms with Gasteiger partial charge in [-0.2, -0.15) is 0 Å². The van der Waals surface area contributed by atoms with Crippen LogP contribution in [0.4, 0.5) is 0 Å². The van der Waals surface area contributed by atoms with E-state index < -0.39 is 7.82 Å². The van der Waals surface area contributed by atoms with Crippen molar-refractivity contribution < 1.29 is 95.9 Å².